The maximum atomic E-state index is 13.3. The number of fused-ring (bicyclic) bond motifs is 1. The van der Waals surface area contributed by atoms with Gasteiger partial charge >= 0.3 is 0 Å². The molecule has 1 N–H and O–H groups in total. The highest BCUT2D eigenvalue weighted by Crippen LogP contribution is 2.34. The molecule has 3 aromatic carbocycles. The predicted molar refractivity (Wildman–Crippen MR) is 112 cm³/mol. The van der Waals surface area contributed by atoms with Crippen LogP contribution in [-0.2, 0) is 13.0 Å². The fourth-order valence-electron chi connectivity index (χ4n) is 3.63. The molecule has 0 bridgehead atoms. The lowest BCUT2D eigenvalue weighted by molar-refractivity contribution is 0.306. The average Bonchev–Trinajstić information content (AvgIpc) is 3.37. The van der Waals surface area contributed by atoms with Gasteiger partial charge in [-0.05, 0) is 60.5 Å². The molecule has 0 atom stereocenters. The third-order valence-corrected chi connectivity index (χ3v) is 5.10. The zero-order valence-electron chi connectivity index (χ0n) is 15.8. The smallest absolute Gasteiger partial charge is 0.133 e. The minimum absolute atomic E-state index is 0.242. The Morgan fingerprint density at radius 2 is 1.69 bits per heavy atom. The van der Waals surface area contributed by atoms with Crippen LogP contribution < -0.4 is 10.1 Å². The number of nitrogens with one attached hydrogen (secondary N) is 1. The lowest BCUT2D eigenvalue weighted by Crippen LogP contribution is -2.04. The summed E-state index contributed by atoms with van der Waals surface area (Å²) in [7, 11) is 0. The summed E-state index contributed by atoms with van der Waals surface area (Å²) in [5.74, 6) is 1.57. The Balaban J connectivity index is 1.41. The summed E-state index contributed by atoms with van der Waals surface area (Å²) in [6.45, 7) is 1.41. The number of hydrogen-bond acceptors (Lipinski definition) is 3. The summed E-state index contributed by atoms with van der Waals surface area (Å²) in [5, 5.41) is 8.24. The molecule has 0 fully saturated rings. The van der Waals surface area contributed by atoms with E-state index in [1.807, 2.05) is 59.3 Å². The molecule has 0 radical (unpaired) electrons. The van der Waals surface area contributed by atoms with E-state index >= 15 is 0 Å². The molecule has 0 saturated heterocycles. The van der Waals surface area contributed by atoms with E-state index in [4.69, 9.17) is 9.84 Å². The number of benzene rings is 3. The summed E-state index contributed by atoms with van der Waals surface area (Å²) in [6.07, 6.45) is 0.903. The molecular weight excluding hydrogens is 365 g/mol. The quantitative estimate of drug-likeness (QED) is 0.512. The van der Waals surface area contributed by atoms with Gasteiger partial charge in [-0.2, -0.15) is 5.10 Å². The highest BCUT2D eigenvalue weighted by Gasteiger charge is 2.23. The lowest BCUT2D eigenvalue weighted by Gasteiger charge is -2.09. The van der Waals surface area contributed by atoms with E-state index in [1.54, 1.807) is 12.1 Å². The first kappa shape index (κ1) is 17.5. The van der Waals surface area contributed by atoms with Crippen molar-refractivity contribution in [1.82, 2.24) is 9.78 Å². The molecular formula is C24H20FN3O. The molecule has 2 heterocycles. The first-order valence-corrected chi connectivity index (χ1v) is 9.67. The van der Waals surface area contributed by atoms with E-state index in [1.165, 1.54) is 17.7 Å². The van der Waals surface area contributed by atoms with Crippen molar-refractivity contribution >= 4 is 5.82 Å². The van der Waals surface area contributed by atoms with Crippen molar-refractivity contribution in [3.05, 3.63) is 95.8 Å². The van der Waals surface area contributed by atoms with Gasteiger partial charge in [0.05, 0.1) is 11.4 Å². The molecule has 0 spiro atoms. The van der Waals surface area contributed by atoms with E-state index in [2.05, 4.69) is 5.32 Å². The zero-order valence-corrected chi connectivity index (χ0v) is 15.8. The molecule has 4 nitrogen and oxygen atoms in total. The van der Waals surface area contributed by atoms with Gasteiger partial charge in [0.1, 0.15) is 24.0 Å². The maximum absolute atomic E-state index is 13.3. The molecule has 144 valence electrons. The van der Waals surface area contributed by atoms with Crippen molar-refractivity contribution in [2.45, 2.75) is 13.0 Å². The largest absolute Gasteiger partial charge is 0.489 e. The van der Waals surface area contributed by atoms with Crippen molar-refractivity contribution in [2.75, 3.05) is 11.9 Å². The monoisotopic (exact) mass is 385 g/mol. The van der Waals surface area contributed by atoms with Gasteiger partial charge in [0.25, 0.3) is 0 Å². The molecule has 5 rings (SSSR count). The van der Waals surface area contributed by atoms with Crippen molar-refractivity contribution in [2.24, 2.45) is 0 Å². The second-order valence-corrected chi connectivity index (χ2v) is 7.04. The van der Waals surface area contributed by atoms with Gasteiger partial charge in [-0.15, -0.1) is 0 Å². The molecule has 0 amide bonds. The van der Waals surface area contributed by atoms with E-state index in [0.717, 1.165) is 47.0 Å². The number of ether oxygens (including phenoxy) is 1. The van der Waals surface area contributed by atoms with Gasteiger partial charge in [-0.3, -0.25) is 0 Å². The SMILES string of the molecule is Fc1ccc(-c2nn(-c3ccc(OCc4ccccc4)cc3)c3c2CCN3)cc1. The average molecular weight is 385 g/mol. The minimum Gasteiger partial charge on any atom is -0.489 e. The van der Waals surface area contributed by atoms with Gasteiger partial charge in [0.15, 0.2) is 0 Å². The van der Waals surface area contributed by atoms with Gasteiger partial charge < -0.3 is 10.1 Å². The van der Waals surface area contributed by atoms with Crippen LogP contribution in [0, 0.1) is 5.82 Å². The molecule has 29 heavy (non-hydrogen) atoms. The fraction of sp³-hybridized carbons (Fsp3) is 0.125. The van der Waals surface area contributed by atoms with E-state index in [0.29, 0.717) is 6.61 Å². The Bertz CT molecular complexity index is 1120. The van der Waals surface area contributed by atoms with Crippen LogP contribution in [0.3, 0.4) is 0 Å². The molecule has 1 aliphatic heterocycles. The number of aromatic nitrogens is 2. The van der Waals surface area contributed by atoms with Crippen LogP contribution in [0.25, 0.3) is 16.9 Å². The van der Waals surface area contributed by atoms with Crippen LogP contribution in [0.4, 0.5) is 10.2 Å². The summed E-state index contributed by atoms with van der Waals surface area (Å²) < 4.78 is 21.1. The van der Waals surface area contributed by atoms with E-state index < -0.39 is 0 Å². The summed E-state index contributed by atoms with van der Waals surface area (Å²) in [6, 6.07) is 24.5. The third kappa shape index (κ3) is 3.47. The second-order valence-electron chi connectivity index (χ2n) is 7.04. The lowest BCUT2D eigenvalue weighted by atomic mass is 10.1. The van der Waals surface area contributed by atoms with Crippen LogP contribution >= 0.6 is 0 Å². The molecule has 1 aliphatic rings. The van der Waals surface area contributed by atoms with Gasteiger partial charge in [-0.25, -0.2) is 9.07 Å². The molecule has 5 heteroatoms. The number of rotatable bonds is 5. The topological polar surface area (TPSA) is 39.1 Å². The normalized spacial score (nSPS) is 12.4. The minimum atomic E-state index is -0.242. The molecule has 1 aromatic heterocycles. The van der Waals surface area contributed by atoms with Crippen molar-refractivity contribution < 1.29 is 9.13 Å². The molecule has 4 aromatic rings. The van der Waals surface area contributed by atoms with Crippen molar-refractivity contribution in [3.8, 4) is 22.7 Å². The van der Waals surface area contributed by atoms with Gasteiger partial charge in [0.2, 0.25) is 0 Å². The Labute approximate surface area is 168 Å². The highest BCUT2D eigenvalue weighted by molar-refractivity contribution is 5.72. The maximum Gasteiger partial charge on any atom is 0.133 e. The second kappa shape index (κ2) is 7.43. The van der Waals surface area contributed by atoms with Crippen LogP contribution in [0.2, 0.25) is 0 Å². The number of hydrogen-bond donors (Lipinski definition) is 1. The number of nitrogens with zero attached hydrogens (tertiary/aromatic N) is 2. The summed E-state index contributed by atoms with van der Waals surface area (Å²) in [4.78, 5) is 0. The van der Waals surface area contributed by atoms with Crippen LogP contribution in [0.1, 0.15) is 11.1 Å². The predicted octanol–water partition coefficient (Wildman–Crippen LogP) is 5.23. The number of halogens is 1. The zero-order chi connectivity index (χ0) is 19.6. The Morgan fingerprint density at radius 1 is 0.931 bits per heavy atom. The summed E-state index contributed by atoms with van der Waals surface area (Å²) in [5.41, 5.74) is 5.08. The van der Waals surface area contributed by atoms with E-state index in [-0.39, 0.29) is 5.82 Å². The fourth-order valence-corrected chi connectivity index (χ4v) is 3.63. The summed E-state index contributed by atoms with van der Waals surface area (Å²) >= 11 is 0. The Kier molecular flexibility index (Phi) is 4.48. The first-order valence-electron chi connectivity index (χ1n) is 9.67. The first-order chi connectivity index (χ1) is 14.3. The highest BCUT2D eigenvalue weighted by atomic mass is 19.1. The Hall–Kier alpha value is -3.60. The Morgan fingerprint density at radius 3 is 2.45 bits per heavy atom. The van der Waals surface area contributed by atoms with Gasteiger partial charge in [-0.1, -0.05) is 30.3 Å². The van der Waals surface area contributed by atoms with Crippen LogP contribution in [0.15, 0.2) is 78.9 Å². The van der Waals surface area contributed by atoms with Crippen LogP contribution in [0.5, 0.6) is 5.75 Å². The van der Waals surface area contributed by atoms with Crippen LogP contribution in [-0.4, -0.2) is 16.3 Å². The molecule has 0 saturated carbocycles. The third-order valence-electron chi connectivity index (χ3n) is 5.10. The van der Waals surface area contributed by atoms with Crippen molar-refractivity contribution in [1.29, 1.82) is 0 Å². The standard InChI is InChI=1S/C24H20FN3O/c25-19-8-6-18(7-9-19)23-22-14-15-26-24(22)28(27-23)20-10-12-21(13-11-20)29-16-17-4-2-1-3-5-17/h1-13,26H,14-16H2. The number of anilines is 1. The van der Waals surface area contributed by atoms with E-state index in [9.17, 15) is 4.39 Å². The molecule has 0 unspecified atom stereocenters. The molecule has 0 aliphatic carbocycles. The van der Waals surface area contributed by atoms with Gasteiger partial charge in [0, 0.05) is 17.7 Å². The van der Waals surface area contributed by atoms with Crippen molar-refractivity contribution in [3.63, 3.8) is 0 Å².